The van der Waals surface area contributed by atoms with E-state index in [0.29, 0.717) is 19.7 Å². The predicted molar refractivity (Wildman–Crippen MR) is 175 cm³/mol. The molecule has 0 aromatic heterocycles. The van der Waals surface area contributed by atoms with Crippen LogP contribution in [0.5, 0.6) is 0 Å². The fraction of sp³-hybridized carbons (Fsp3) is 0.944. The number of rotatable bonds is 1. The molecule has 8 rings (SSSR count). The van der Waals surface area contributed by atoms with Gasteiger partial charge in [0.25, 0.3) is 29.2 Å². The standard InChI is InChI=1S/C8H14O.C8H14.2C7H2F10.C2H3FO2.C2H3FO.CH3F.CH4O/c9-5-8-4-6-1-2-7(8)3-6;1-6-4-7-2-3-8(6)5-7;2*8-2-1-3(9,10)4(11,5(2,12)13)7(16,17)6(2,14)15;1-5-2(3)4;1-2(3)4;2*1-2/h6-9H,1-5H2;6-8H,2-5H2,1H3;2*1H2;1H3;1H3;1H3;2H,1H3. The zero-order chi connectivity index (χ0) is 51.1. The van der Waals surface area contributed by atoms with Gasteiger partial charge in [0.2, 0.25) is 0 Å². The van der Waals surface area contributed by atoms with Crippen LogP contribution in [0.25, 0.3) is 0 Å². The number of carbonyl (C=O) groups excluding carboxylic acids is 2. The summed E-state index contributed by atoms with van der Waals surface area (Å²) >= 11 is 0. The summed E-state index contributed by atoms with van der Waals surface area (Å²) in [6.45, 7) is 3.73. The van der Waals surface area contributed by atoms with E-state index in [2.05, 4.69) is 11.7 Å². The van der Waals surface area contributed by atoms with Crippen molar-refractivity contribution in [3.63, 3.8) is 0 Å². The van der Waals surface area contributed by atoms with Crippen molar-refractivity contribution in [2.45, 2.75) is 148 Å². The molecule has 0 aromatic carbocycles. The van der Waals surface area contributed by atoms with E-state index in [1.807, 2.05) is 0 Å². The Morgan fingerprint density at radius 3 is 0.953 bits per heavy atom. The highest BCUT2D eigenvalue weighted by atomic mass is 19.4. The largest absolute Gasteiger partial charge is 0.495 e. The number of hydrogen-bond acceptors (Lipinski definition) is 5. The van der Waals surface area contributed by atoms with Crippen LogP contribution in [-0.2, 0) is 9.53 Å². The van der Waals surface area contributed by atoms with E-state index in [4.69, 9.17) is 19.8 Å². The number of aliphatic hydroxyl groups is 2. The zero-order valence-electron chi connectivity index (χ0n) is 34.1. The first kappa shape index (κ1) is 59.5. The molecule has 5 nitrogen and oxygen atoms in total. The van der Waals surface area contributed by atoms with E-state index in [1.54, 1.807) is 25.7 Å². The first-order valence-corrected chi connectivity index (χ1v) is 18.8. The van der Waals surface area contributed by atoms with Gasteiger partial charge in [0.1, 0.15) is 0 Å². The summed E-state index contributed by atoms with van der Waals surface area (Å²) in [5.74, 6) is -43.0. The van der Waals surface area contributed by atoms with Crippen molar-refractivity contribution in [1.82, 2.24) is 0 Å². The van der Waals surface area contributed by atoms with Crippen molar-refractivity contribution in [3.05, 3.63) is 0 Å². The Balaban J connectivity index is 0.000000403. The third-order valence-electron chi connectivity index (χ3n) is 12.8. The fourth-order valence-corrected chi connectivity index (χ4v) is 9.65. The summed E-state index contributed by atoms with van der Waals surface area (Å²) in [7, 11) is 2.47. The van der Waals surface area contributed by atoms with Gasteiger partial charge in [0.15, 0.2) is 0 Å². The van der Waals surface area contributed by atoms with E-state index < -0.39 is 95.2 Å². The van der Waals surface area contributed by atoms with Crippen molar-refractivity contribution < 1.29 is 126 Å². The summed E-state index contributed by atoms with van der Waals surface area (Å²) in [6, 6.07) is -1.33. The molecule has 0 aliphatic heterocycles. The van der Waals surface area contributed by atoms with Gasteiger partial charge in [-0.1, -0.05) is 19.8 Å². The van der Waals surface area contributed by atoms with E-state index in [1.165, 1.54) is 25.7 Å². The second-order valence-corrected chi connectivity index (χ2v) is 16.3. The molecule has 8 saturated carbocycles. The summed E-state index contributed by atoms with van der Waals surface area (Å²) in [5.41, 5.74) is -23.7. The lowest BCUT2D eigenvalue weighted by Gasteiger charge is -2.37. The Morgan fingerprint density at radius 1 is 0.531 bits per heavy atom. The fourth-order valence-electron chi connectivity index (χ4n) is 9.65. The molecule has 0 spiro atoms. The van der Waals surface area contributed by atoms with Crippen LogP contribution in [0.15, 0.2) is 0 Å². The third kappa shape index (κ3) is 8.41. The molecule has 8 aliphatic carbocycles. The highest BCUT2D eigenvalue weighted by Crippen LogP contribution is 2.80. The number of methoxy groups -OCH3 is 1. The third-order valence-corrected chi connectivity index (χ3v) is 12.8. The zero-order valence-corrected chi connectivity index (χ0v) is 34.1. The number of hydrogen-bond donors (Lipinski definition) is 2. The van der Waals surface area contributed by atoms with Crippen molar-refractivity contribution in [1.29, 1.82) is 0 Å². The van der Waals surface area contributed by atoms with Crippen LogP contribution in [0.4, 0.5) is 106 Å². The summed E-state index contributed by atoms with van der Waals surface area (Å²) in [6.07, 6.45) is 4.07. The minimum absolute atomic E-state index is 0.446. The molecule has 10 unspecified atom stereocenters. The van der Waals surface area contributed by atoms with Gasteiger partial charge < -0.3 is 14.9 Å². The first-order valence-electron chi connectivity index (χ1n) is 18.8. The highest BCUT2D eigenvalue weighted by molar-refractivity contribution is 5.64. The van der Waals surface area contributed by atoms with Crippen LogP contribution in [0.2, 0.25) is 0 Å². The number of alkyl halides is 21. The van der Waals surface area contributed by atoms with Gasteiger partial charge in [-0.3, -0.25) is 9.18 Å². The molecule has 8 bridgehead atoms. The summed E-state index contributed by atoms with van der Waals surface area (Å²) < 4.78 is 291. The molecule has 0 saturated heterocycles. The number of aliphatic hydroxyl groups excluding tert-OH is 2. The van der Waals surface area contributed by atoms with Crippen LogP contribution in [-0.4, -0.2) is 121 Å². The second kappa shape index (κ2) is 19.2. The number of fused-ring (bicyclic) bond motifs is 8. The van der Waals surface area contributed by atoms with Gasteiger partial charge in [-0.25, -0.2) is 39.9 Å². The molecule has 8 fully saturated rings. The van der Waals surface area contributed by atoms with E-state index in [9.17, 15) is 101 Å². The molecule has 64 heavy (non-hydrogen) atoms. The summed E-state index contributed by atoms with van der Waals surface area (Å²) in [4.78, 5) is 17.7. The maximum absolute atomic E-state index is 13.2. The van der Waals surface area contributed by atoms with Gasteiger partial charge in [-0.2, -0.15) is 57.1 Å². The Bertz CT molecular complexity index is 1500. The molecule has 0 radical (unpaired) electrons. The Morgan fingerprint density at radius 2 is 0.828 bits per heavy atom. The smallest absolute Gasteiger partial charge is 0.444 e. The van der Waals surface area contributed by atoms with Gasteiger partial charge >= 0.3 is 53.1 Å². The predicted octanol–water partition coefficient (Wildman–Crippen LogP) is 12.0. The van der Waals surface area contributed by atoms with Gasteiger partial charge in [0, 0.05) is 20.6 Å². The van der Waals surface area contributed by atoms with Gasteiger partial charge in [0.05, 0.1) is 27.1 Å². The number of carbonyl (C=O) groups is 2. The lowest BCUT2D eigenvalue weighted by molar-refractivity contribution is -0.335. The molecule has 2 N–H and O–H groups in total. The Kier molecular flexibility index (Phi) is 17.9. The Labute approximate surface area is 349 Å². The molecular formula is C36H45F23O5. The Hall–Kier alpha value is -2.55. The summed E-state index contributed by atoms with van der Waals surface area (Å²) in [5, 5.41) is 15.9. The SMILES string of the molecule is CC(=O)F.CC1CC2CCC1C2.CF.CO.COC(=O)F.FC1(F)CC2(F)C(F)(F)C(F)(F)C1(F)C2(F)F.FC1(F)CC2(F)C(F)(F)C(F)(F)C1(F)C2(F)F.OCC1CC2CCC1C2. The van der Waals surface area contributed by atoms with Gasteiger partial charge in [-0.15, -0.1) is 4.39 Å². The molecule has 10 atom stereocenters. The second-order valence-electron chi connectivity index (χ2n) is 16.3. The lowest BCUT2D eigenvalue weighted by atomic mass is 9.86. The molecule has 380 valence electrons. The molecule has 28 heteroatoms. The highest BCUT2D eigenvalue weighted by Gasteiger charge is 3.10. The molecular weight excluding hydrogens is 949 g/mol. The van der Waals surface area contributed by atoms with E-state index in [0.717, 1.165) is 50.7 Å². The minimum Gasteiger partial charge on any atom is -0.444 e. The van der Waals surface area contributed by atoms with Crippen LogP contribution >= 0.6 is 0 Å². The van der Waals surface area contributed by atoms with Crippen LogP contribution < -0.4 is 0 Å². The van der Waals surface area contributed by atoms with E-state index >= 15 is 0 Å². The monoisotopic (exact) mass is 994 g/mol. The number of ether oxygens (including phenoxy) is 1. The average Bonchev–Trinajstić information content (AvgIpc) is 4.04. The number of halogens is 23. The molecule has 0 amide bonds. The molecule has 0 heterocycles. The maximum Gasteiger partial charge on any atom is 0.495 e. The van der Waals surface area contributed by atoms with Crippen molar-refractivity contribution >= 4 is 12.3 Å². The minimum atomic E-state index is -6.50. The molecule has 0 aromatic rings. The lowest BCUT2D eigenvalue weighted by Crippen LogP contribution is -2.65. The van der Waals surface area contributed by atoms with Gasteiger partial charge in [-0.05, 0) is 74.0 Å². The maximum atomic E-state index is 13.2. The van der Waals surface area contributed by atoms with Crippen molar-refractivity contribution in [2.24, 2.45) is 35.5 Å². The molecule has 8 aliphatic rings. The first-order chi connectivity index (χ1) is 28.7. The van der Waals surface area contributed by atoms with Crippen molar-refractivity contribution in [2.75, 3.05) is 28.0 Å². The van der Waals surface area contributed by atoms with Crippen LogP contribution in [0.1, 0.15) is 78.1 Å². The quantitative estimate of drug-likeness (QED) is 0.202. The van der Waals surface area contributed by atoms with Crippen LogP contribution in [0.3, 0.4) is 0 Å². The normalized spacial score (nSPS) is 40.2. The average molecular weight is 995 g/mol. The van der Waals surface area contributed by atoms with Crippen molar-refractivity contribution in [3.8, 4) is 0 Å². The topological polar surface area (TPSA) is 83.8 Å². The van der Waals surface area contributed by atoms with E-state index in [-0.39, 0.29) is 0 Å². The van der Waals surface area contributed by atoms with Crippen LogP contribution in [0, 0.1) is 35.5 Å².